The number of sulfonamides is 1. The lowest BCUT2D eigenvalue weighted by atomic mass is 10.0. The molecule has 0 saturated carbocycles. The first kappa shape index (κ1) is 21.0. The Morgan fingerprint density at radius 2 is 1.67 bits per heavy atom. The highest BCUT2D eigenvalue weighted by molar-refractivity contribution is 7.89. The smallest absolute Gasteiger partial charge is 0.282 e. The molecule has 6 nitrogen and oxygen atoms in total. The van der Waals surface area contributed by atoms with Crippen molar-refractivity contribution in [3.8, 4) is 0 Å². The van der Waals surface area contributed by atoms with Crippen LogP contribution in [-0.4, -0.2) is 57.9 Å². The molecule has 1 saturated heterocycles. The van der Waals surface area contributed by atoms with Gasteiger partial charge in [0.2, 0.25) is 10.0 Å². The Balaban J connectivity index is 1.35. The van der Waals surface area contributed by atoms with Gasteiger partial charge in [0.15, 0.2) is 6.54 Å². The summed E-state index contributed by atoms with van der Waals surface area (Å²) in [5.41, 5.74) is 3.37. The zero-order chi connectivity index (χ0) is 21.3. The van der Waals surface area contributed by atoms with Gasteiger partial charge in [-0.15, -0.1) is 0 Å². The van der Waals surface area contributed by atoms with E-state index >= 15 is 0 Å². The van der Waals surface area contributed by atoms with E-state index in [-0.39, 0.29) is 5.91 Å². The largest absolute Gasteiger partial charge is 0.325 e. The van der Waals surface area contributed by atoms with Gasteiger partial charge in [0.1, 0.15) is 0 Å². The third-order valence-electron chi connectivity index (χ3n) is 6.20. The minimum atomic E-state index is -3.49. The first-order valence-electron chi connectivity index (χ1n) is 10.7. The highest BCUT2D eigenvalue weighted by atomic mass is 32.2. The van der Waals surface area contributed by atoms with Gasteiger partial charge in [-0.2, -0.15) is 4.31 Å². The van der Waals surface area contributed by atoms with Gasteiger partial charge in [-0.05, 0) is 41.7 Å². The van der Waals surface area contributed by atoms with Crippen molar-refractivity contribution >= 4 is 21.6 Å². The summed E-state index contributed by atoms with van der Waals surface area (Å²) in [5.74, 6) is 0.490. The number of hydrogen-bond donors (Lipinski definition) is 1. The van der Waals surface area contributed by atoms with Crippen molar-refractivity contribution in [3.05, 3.63) is 59.7 Å². The first-order valence-corrected chi connectivity index (χ1v) is 12.1. The molecule has 0 bridgehead atoms. The van der Waals surface area contributed by atoms with E-state index in [1.165, 1.54) is 5.56 Å². The minimum absolute atomic E-state index is 0.121. The van der Waals surface area contributed by atoms with Gasteiger partial charge < -0.3 is 9.80 Å². The van der Waals surface area contributed by atoms with E-state index in [1.807, 2.05) is 35.2 Å². The Labute approximate surface area is 179 Å². The second-order valence-corrected chi connectivity index (χ2v) is 10.4. The maximum atomic E-state index is 13.0. The summed E-state index contributed by atoms with van der Waals surface area (Å²) in [7, 11) is -3.49. The fourth-order valence-corrected chi connectivity index (χ4v) is 5.74. The molecule has 30 heavy (non-hydrogen) atoms. The number of rotatable bonds is 5. The van der Waals surface area contributed by atoms with Crippen LogP contribution in [0.15, 0.2) is 53.4 Å². The van der Waals surface area contributed by atoms with Gasteiger partial charge in [-0.25, -0.2) is 8.42 Å². The fourth-order valence-electron chi connectivity index (χ4n) is 4.30. The molecule has 2 aromatic rings. The van der Waals surface area contributed by atoms with Crippen molar-refractivity contribution in [3.63, 3.8) is 0 Å². The van der Waals surface area contributed by atoms with Crippen LogP contribution in [0.25, 0.3) is 0 Å². The fraction of sp³-hybridized carbons (Fsp3) is 0.435. The van der Waals surface area contributed by atoms with Gasteiger partial charge in [-0.1, -0.05) is 44.2 Å². The van der Waals surface area contributed by atoms with E-state index in [4.69, 9.17) is 0 Å². The summed E-state index contributed by atoms with van der Waals surface area (Å²) >= 11 is 0. The molecule has 0 spiro atoms. The first-order chi connectivity index (χ1) is 14.4. The zero-order valence-corrected chi connectivity index (χ0v) is 18.5. The number of nitrogens with one attached hydrogen (secondary N) is 1. The van der Waals surface area contributed by atoms with Gasteiger partial charge >= 0.3 is 0 Å². The minimum Gasteiger partial charge on any atom is -0.325 e. The maximum Gasteiger partial charge on any atom is 0.282 e. The number of nitrogens with zero attached hydrogens (tertiary/aromatic N) is 2. The molecule has 2 heterocycles. The van der Waals surface area contributed by atoms with E-state index in [9.17, 15) is 13.2 Å². The summed E-state index contributed by atoms with van der Waals surface area (Å²) in [6.45, 7) is 7.49. The van der Waals surface area contributed by atoms with E-state index in [0.717, 1.165) is 29.1 Å². The standard InChI is InChI=1S/C23H29N3O3S/c1-18(2)19-7-9-21(10-8-19)30(28,29)25-15-13-24(14-16-25)17-23(27)26-12-11-20-5-3-4-6-22(20)26/h3-10,18H,11-17H2,1-2H3/p+1. The van der Waals surface area contributed by atoms with Gasteiger partial charge in [0.05, 0.1) is 31.1 Å². The highest BCUT2D eigenvalue weighted by Gasteiger charge is 2.33. The zero-order valence-electron chi connectivity index (χ0n) is 17.7. The van der Waals surface area contributed by atoms with Crippen LogP contribution in [0.1, 0.15) is 30.9 Å². The van der Waals surface area contributed by atoms with Crippen LogP contribution in [0.4, 0.5) is 5.69 Å². The summed E-state index contributed by atoms with van der Waals surface area (Å²) in [4.78, 5) is 16.2. The van der Waals surface area contributed by atoms with Gasteiger partial charge in [0, 0.05) is 12.2 Å². The molecular weight excluding hydrogens is 398 g/mol. The molecule has 2 aromatic carbocycles. The summed E-state index contributed by atoms with van der Waals surface area (Å²) in [6.07, 6.45) is 0.902. The van der Waals surface area contributed by atoms with Crippen molar-refractivity contribution in [1.29, 1.82) is 0 Å². The van der Waals surface area contributed by atoms with Crippen LogP contribution < -0.4 is 9.80 Å². The molecule has 7 heteroatoms. The molecule has 2 aliphatic rings. The Hall–Kier alpha value is -2.22. The molecule has 1 fully saturated rings. The number of amides is 1. The molecule has 0 aromatic heterocycles. The van der Waals surface area contributed by atoms with Crippen LogP contribution >= 0.6 is 0 Å². The lowest BCUT2D eigenvalue weighted by Crippen LogP contribution is -3.15. The Morgan fingerprint density at radius 1 is 1.00 bits per heavy atom. The average Bonchev–Trinajstić information content (AvgIpc) is 3.18. The van der Waals surface area contributed by atoms with Crippen molar-refractivity contribution in [2.24, 2.45) is 0 Å². The van der Waals surface area contributed by atoms with Crippen molar-refractivity contribution < 1.29 is 18.1 Å². The number of benzene rings is 2. The summed E-state index contributed by atoms with van der Waals surface area (Å²) < 4.78 is 27.5. The number of quaternary nitrogens is 1. The summed E-state index contributed by atoms with van der Waals surface area (Å²) in [6, 6.07) is 15.3. The topological polar surface area (TPSA) is 62.1 Å². The lowest BCUT2D eigenvalue weighted by molar-refractivity contribution is -0.895. The molecule has 0 radical (unpaired) electrons. The molecule has 0 atom stereocenters. The second kappa shape index (κ2) is 8.49. The second-order valence-electron chi connectivity index (χ2n) is 8.48. The third kappa shape index (κ3) is 4.15. The Kier molecular flexibility index (Phi) is 5.95. The maximum absolute atomic E-state index is 13.0. The predicted molar refractivity (Wildman–Crippen MR) is 117 cm³/mol. The molecular formula is C23H30N3O3S+. The summed E-state index contributed by atoms with van der Waals surface area (Å²) in [5, 5.41) is 0. The highest BCUT2D eigenvalue weighted by Crippen LogP contribution is 2.27. The number of carbonyl (C=O) groups is 1. The number of piperazine rings is 1. The van der Waals surface area contributed by atoms with E-state index in [2.05, 4.69) is 19.9 Å². The number of anilines is 1. The Bertz CT molecular complexity index is 1010. The van der Waals surface area contributed by atoms with Crippen molar-refractivity contribution in [1.82, 2.24) is 4.31 Å². The van der Waals surface area contributed by atoms with E-state index in [0.29, 0.717) is 43.5 Å². The van der Waals surface area contributed by atoms with Crippen molar-refractivity contribution in [2.75, 3.05) is 44.2 Å². The monoisotopic (exact) mass is 428 g/mol. The van der Waals surface area contributed by atoms with E-state index < -0.39 is 10.0 Å². The van der Waals surface area contributed by atoms with Gasteiger partial charge in [0.25, 0.3) is 5.91 Å². The average molecular weight is 429 g/mol. The van der Waals surface area contributed by atoms with Crippen molar-refractivity contribution in [2.45, 2.75) is 31.1 Å². The van der Waals surface area contributed by atoms with Gasteiger partial charge in [-0.3, -0.25) is 4.79 Å². The third-order valence-corrected chi connectivity index (χ3v) is 8.12. The number of fused-ring (bicyclic) bond motifs is 1. The predicted octanol–water partition coefficient (Wildman–Crippen LogP) is 1.29. The van der Waals surface area contributed by atoms with Crippen LogP contribution in [-0.2, 0) is 21.2 Å². The molecule has 4 rings (SSSR count). The normalized spacial score (nSPS) is 18.0. The molecule has 0 unspecified atom stereocenters. The number of para-hydroxylation sites is 1. The van der Waals surface area contributed by atoms with Crippen LogP contribution in [0.3, 0.4) is 0 Å². The van der Waals surface area contributed by atoms with E-state index in [1.54, 1.807) is 16.4 Å². The molecule has 160 valence electrons. The lowest BCUT2D eigenvalue weighted by Gasteiger charge is -2.32. The Morgan fingerprint density at radius 3 is 2.33 bits per heavy atom. The molecule has 1 N–H and O–H groups in total. The number of hydrogen-bond acceptors (Lipinski definition) is 3. The molecule has 0 aliphatic carbocycles. The molecule has 1 amide bonds. The van der Waals surface area contributed by atoms with Crippen LogP contribution in [0.5, 0.6) is 0 Å². The number of carbonyl (C=O) groups excluding carboxylic acids is 1. The molecule has 2 aliphatic heterocycles. The van der Waals surface area contributed by atoms with Crippen LogP contribution in [0, 0.1) is 0 Å². The quantitative estimate of drug-likeness (QED) is 0.781. The SMILES string of the molecule is CC(C)c1ccc(S(=O)(=O)N2CC[NH+](CC(=O)N3CCc4ccccc43)CC2)cc1. The van der Waals surface area contributed by atoms with Crippen LogP contribution in [0.2, 0.25) is 0 Å².